The average Bonchev–Trinajstić information content (AvgIpc) is 2.94. The minimum atomic E-state index is -0.723. The van der Waals surface area contributed by atoms with E-state index in [0.717, 1.165) is 4.47 Å². The molecule has 0 atom stereocenters. The van der Waals surface area contributed by atoms with E-state index in [1.165, 1.54) is 6.21 Å². The number of hydrogen-bond acceptors (Lipinski definition) is 5. The quantitative estimate of drug-likeness (QED) is 0.596. The Bertz CT molecular complexity index is 518. The zero-order valence-corrected chi connectivity index (χ0v) is 12.8. The predicted molar refractivity (Wildman–Crippen MR) is 80.3 cm³/mol. The number of nitrogens with two attached hydrogens (primary N) is 1. The number of primary amides is 1. The highest BCUT2D eigenvalue weighted by molar-refractivity contribution is 9.10. The highest BCUT2D eigenvalue weighted by Gasteiger charge is 2.15. The number of halogens is 1. The summed E-state index contributed by atoms with van der Waals surface area (Å²) in [5.41, 5.74) is 7.80. The van der Waals surface area contributed by atoms with E-state index < -0.39 is 6.03 Å². The SMILES string of the molecule is NC(=O)NN=Cc1cc(Br)ccc1OCCC1OCCO1. The molecule has 1 aromatic carbocycles. The van der Waals surface area contributed by atoms with Gasteiger partial charge in [-0.15, -0.1) is 0 Å². The van der Waals surface area contributed by atoms with E-state index in [2.05, 4.69) is 26.5 Å². The van der Waals surface area contributed by atoms with Gasteiger partial charge in [0.2, 0.25) is 0 Å². The molecular formula is C13H16BrN3O4. The van der Waals surface area contributed by atoms with Crippen molar-refractivity contribution in [3.8, 4) is 5.75 Å². The normalized spacial score (nSPS) is 15.5. The van der Waals surface area contributed by atoms with E-state index >= 15 is 0 Å². The van der Waals surface area contributed by atoms with Crippen molar-refractivity contribution in [2.24, 2.45) is 10.8 Å². The van der Waals surface area contributed by atoms with Gasteiger partial charge in [-0.3, -0.25) is 0 Å². The van der Waals surface area contributed by atoms with Gasteiger partial charge in [0.25, 0.3) is 0 Å². The van der Waals surface area contributed by atoms with Crippen molar-refractivity contribution >= 4 is 28.2 Å². The Labute approximate surface area is 130 Å². The van der Waals surface area contributed by atoms with Gasteiger partial charge in [0.15, 0.2) is 6.29 Å². The van der Waals surface area contributed by atoms with Crippen LogP contribution < -0.4 is 15.9 Å². The molecule has 2 amide bonds. The van der Waals surface area contributed by atoms with Crippen LogP contribution in [0.3, 0.4) is 0 Å². The van der Waals surface area contributed by atoms with Gasteiger partial charge in [0, 0.05) is 16.5 Å². The van der Waals surface area contributed by atoms with Gasteiger partial charge in [-0.2, -0.15) is 5.10 Å². The number of nitrogens with zero attached hydrogens (tertiary/aromatic N) is 1. The van der Waals surface area contributed by atoms with E-state index in [4.69, 9.17) is 19.9 Å². The molecule has 0 spiro atoms. The van der Waals surface area contributed by atoms with Crippen LogP contribution in [0, 0.1) is 0 Å². The maximum atomic E-state index is 10.6. The topological polar surface area (TPSA) is 95.2 Å². The maximum absolute atomic E-state index is 10.6. The van der Waals surface area contributed by atoms with Crippen LogP contribution >= 0.6 is 15.9 Å². The van der Waals surface area contributed by atoms with Crippen LogP contribution in [0.25, 0.3) is 0 Å². The number of rotatable bonds is 6. The fraction of sp³-hybridized carbons (Fsp3) is 0.385. The lowest BCUT2D eigenvalue weighted by molar-refractivity contribution is -0.0531. The molecule has 0 saturated carbocycles. The maximum Gasteiger partial charge on any atom is 0.332 e. The summed E-state index contributed by atoms with van der Waals surface area (Å²) in [4.78, 5) is 10.6. The standard InChI is InChI=1S/C13H16BrN3O4/c14-10-1-2-11(9(7-10)8-16-17-13(15)18)19-4-3-12-20-5-6-21-12/h1-2,7-8,12H,3-6H2,(H3,15,17,18). The minimum absolute atomic E-state index is 0.200. The Morgan fingerprint density at radius 3 is 3.00 bits per heavy atom. The van der Waals surface area contributed by atoms with Crippen LogP contribution in [0.2, 0.25) is 0 Å². The fourth-order valence-electron chi connectivity index (χ4n) is 1.76. The second-order valence-corrected chi connectivity index (χ2v) is 5.14. The summed E-state index contributed by atoms with van der Waals surface area (Å²) in [6.45, 7) is 1.70. The molecule has 0 bridgehead atoms. The molecule has 3 N–H and O–H groups in total. The van der Waals surface area contributed by atoms with Crippen LogP contribution in [-0.4, -0.2) is 38.4 Å². The second-order valence-electron chi connectivity index (χ2n) is 4.22. The fourth-order valence-corrected chi connectivity index (χ4v) is 2.13. The number of hydrogen-bond donors (Lipinski definition) is 2. The van der Waals surface area contributed by atoms with E-state index in [0.29, 0.717) is 37.6 Å². The lowest BCUT2D eigenvalue weighted by atomic mass is 10.2. The van der Waals surface area contributed by atoms with Crippen LogP contribution in [0.15, 0.2) is 27.8 Å². The lowest BCUT2D eigenvalue weighted by Crippen LogP contribution is -2.24. The molecule has 1 aliphatic rings. The monoisotopic (exact) mass is 357 g/mol. The summed E-state index contributed by atoms with van der Waals surface area (Å²) in [6.07, 6.45) is 1.91. The molecule has 0 unspecified atom stereocenters. The van der Waals surface area contributed by atoms with Crippen molar-refractivity contribution in [1.29, 1.82) is 0 Å². The third-order valence-corrected chi connectivity index (χ3v) is 3.15. The van der Waals surface area contributed by atoms with Crippen LogP contribution in [0.1, 0.15) is 12.0 Å². The van der Waals surface area contributed by atoms with Crippen molar-refractivity contribution in [2.75, 3.05) is 19.8 Å². The zero-order chi connectivity index (χ0) is 15.1. The first-order valence-electron chi connectivity index (χ1n) is 6.39. The third-order valence-electron chi connectivity index (χ3n) is 2.65. The Morgan fingerprint density at radius 2 is 2.29 bits per heavy atom. The molecule has 2 rings (SSSR count). The Kier molecular flexibility index (Phi) is 5.97. The molecule has 1 fully saturated rings. The number of urea groups is 1. The predicted octanol–water partition coefficient (Wildman–Crippen LogP) is 1.59. The van der Waals surface area contributed by atoms with Crippen LogP contribution in [-0.2, 0) is 9.47 Å². The molecule has 1 aromatic rings. The summed E-state index contributed by atoms with van der Waals surface area (Å²) < 4.78 is 17.2. The van der Waals surface area contributed by atoms with Crippen LogP contribution in [0.5, 0.6) is 5.75 Å². The first kappa shape index (κ1) is 15.7. The van der Waals surface area contributed by atoms with E-state index in [-0.39, 0.29) is 6.29 Å². The van der Waals surface area contributed by atoms with Crippen LogP contribution in [0.4, 0.5) is 4.79 Å². The van der Waals surface area contributed by atoms with Gasteiger partial charge in [0.1, 0.15) is 5.75 Å². The van der Waals surface area contributed by atoms with Gasteiger partial charge in [-0.05, 0) is 18.2 Å². The molecule has 1 saturated heterocycles. The molecule has 114 valence electrons. The van der Waals surface area contributed by atoms with Crippen molar-refractivity contribution in [2.45, 2.75) is 12.7 Å². The molecule has 21 heavy (non-hydrogen) atoms. The van der Waals surface area contributed by atoms with Gasteiger partial charge < -0.3 is 19.9 Å². The number of carbonyl (C=O) groups excluding carboxylic acids is 1. The average molecular weight is 358 g/mol. The lowest BCUT2D eigenvalue weighted by Gasteiger charge is -2.12. The molecular weight excluding hydrogens is 342 g/mol. The number of nitrogens with one attached hydrogen (secondary N) is 1. The van der Waals surface area contributed by atoms with Crippen molar-refractivity contribution in [3.05, 3.63) is 28.2 Å². The second kappa shape index (κ2) is 7.96. The van der Waals surface area contributed by atoms with E-state index in [9.17, 15) is 4.79 Å². The molecule has 0 aromatic heterocycles. The smallest absolute Gasteiger partial charge is 0.332 e. The Morgan fingerprint density at radius 1 is 1.52 bits per heavy atom. The summed E-state index contributed by atoms with van der Waals surface area (Å²) in [5.74, 6) is 0.645. The van der Waals surface area contributed by atoms with Gasteiger partial charge in [-0.1, -0.05) is 15.9 Å². The minimum Gasteiger partial charge on any atom is -0.493 e. The molecule has 1 aliphatic heterocycles. The van der Waals surface area contributed by atoms with Crippen molar-refractivity contribution < 1.29 is 19.0 Å². The first-order chi connectivity index (χ1) is 10.1. The Balaban J connectivity index is 1.93. The first-order valence-corrected chi connectivity index (χ1v) is 7.18. The number of benzene rings is 1. The van der Waals surface area contributed by atoms with E-state index in [1.54, 1.807) is 0 Å². The molecule has 1 heterocycles. The third kappa shape index (κ3) is 5.33. The molecule has 7 nitrogen and oxygen atoms in total. The van der Waals surface area contributed by atoms with Crippen molar-refractivity contribution in [3.63, 3.8) is 0 Å². The van der Waals surface area contributed by atoms with E-state index in [1.807, 2.05) is 18.2 Å². The largest absolute Gasteiger partial charge is 0.493 e. The number of hydrazone groups is 1. The Hall–Kier alpha value is -1.64. The molecule has 0 aliphatic carbocycles. The summed E-state index contributed by atoms with van der Waals surface area (Å²) in [5, 5.41) is 3.73. The summed E-state index contributed by atoms with van der Waals surface area (Å²) in [6, 6.07) is 4.77. The highest BCUT2D eigenvalue weighted by atomic mass is 79.9. The number of amides is 2. The number of ether oxygens (including phenoxy) is 3. The highest BCUT2D eigenvalue weighted by Crippen LogP contribution is 2.22. The zero-order valence-electron chi connectivity index (χ0n) is 11.3. The van der Waals surface area contributed by atoms with Gasteiger partial charge in [-0.25, -0.2) is 10.2 Å². The van der Waals surface area contributed by atoms with Crippen molar-refractivity contribution in [1.82, 2.24) is 5.43 Å². The van der Waals surface area contributed by atoms with Gasteiger partial charge in [0.05, 0.1) is 26.0 Å². The summed E-state index contributed by atoms with van der Waals surface area (Å²) in [7, 11) is 0. The number of carbonyl (C=O) groups is 1. The summed E-state index contributed by atoms with van der Waals surface area (Å²) >= 11 is 3.37. The molecule has 8 heteroatoms. The molecule has 0 radical (unpaired) electrons. The van der Waals surface area contributed by atoms with Gasteiger partial charge >= 0.3 is 6.03 Å².